The molecule has 0 saturated carbocycles. The standard InChI is InChI=1S/C21H29NO5S/c1-4-17-6-10-19(22-16-17)14-15-26-20-11-7-18(8-12-20)9-13-21(25-5-2)27-28(3,23)24/h6-8,10-12,16,21H,4-5,9,13-15H2,1-3H3. The molecule has 2 aromatic rings. The Morgan fingerprint density at radius 2 is 1.71 bits per heavy atom. The zero-order chi connectivity index (χ0) is 20.4. The zero-order valence-corrected chi connectivity index (χ0v) is 17.6. The Balaban J connectivity index is 1.78. The van der Waals surface area contributed by atoms with Crippen LogP contribution in [0.4, 0.5) is 0 Å². The van der Waals surface area contributed by atoms with Gasteiger partial charge in [0.15, 0.2) is 6.29 Å². The van der Waals surface area contributed by atoms with E-state index in [1.54, 1.807) is 6.92 Å². The fourth-order valence-electron chi connectivity index (χ4n) is 2.66. The first-order valence-corrected chi connectivity index (χ1v) is 11.4. The molecule has 1 aromatic heterocycles. The fourth-order valence-corrected chi connectivity index (χ4v) is 3.20. The molecular formula is C21H29NO5S. The number of aryl methyl sites for hydroxylation is 2. The summed E-state index contributed by atoms with van der Waals surface area (Å²) in [6.07, 6.45) is 5.02. The normalized spacial score (nSPS) is 12.7. The molecule has 0 aliphatic carbocycles. The molecule has 1 unspecified atom stereocenters. The minimum atomic E-state index is -3.54. The second kappa shape index (κ2) is 11.1. The molecule has 0 fully saturated rings. The lowest BCUT2D eigenvalue weighted by Gasteiger charge is -2.16. The fraction of sp³-hybridized carbons (Fsp3) is 0.476. The van der Waals surface area contributed by atoms with Crippen molar-refractivity contribution >= 4 is 10.1 Å². The van der Waals surface area contributed by atoms with Crippen molar-refractivity contribution in [2.75, 3.05) is 19.5 Å². The van der Waals surface area contributed by atoms with E-state index in [-0.39, 0.29) is 0 Å². The van der Waals surface area contributed by atoms with Crippen LogP contribution in [0.1, 0.15) is 37.1 Å². The van der Waals surface area contributed by atoms with E-state index < -0.39 is 16.4 Å². The van der Waals surface area contributed by atoms with E-state index in [0.29, 0.717) is 26.1 Å². The maximum Gasteiger partial charge on any atom is 0.266 e. The lowest BCUT2D eigenvalue weighted by molar-refractivity contribution is -0.0749. The third-order valence-corrected chi connectivity index (χ3v) is 4.71. The molecule has 0 aliphatic rings. The molecule has 0 aliphatic heterocycles. The SMILES string of the molecule is CCOC(CCc1ccc(OCCc2ccc(CC)cn2)cc1)OS(C)(=O)=O. The van der Waals surface area contributed by atoms with Gasteiger partial charge in [-0.2, -0.15) is 8.42 Å². The van der Waals surface area contributed by atoms with Crippen molar-refractivity contribution in [2.24, 2.45) is 0 Å². The van der Waals surface area contributed by atoms with Crippen LogP contribution in [0.5, 0.6) is 5.75 Å². The first-order valence-electron chi connectivity index (χ1n) is 9.55. The van der Waals surface area contributed by atoms with Crippen LogP contribution in [0.2, 0.25) is 0 Å². The predicted molar refractivity (Wildman–Crippen MR) is 109 cm³/mol. The summed E-state index contributed by atoms with van der Waals surface area (Å²) in [5.41, 5.74) is 3.31. The molecule has 7 heteroatoms. The summed E-state index contributed by atoms with van der Waals surface area (Å²) in [5.74, 6) is 0.794. The highest BCUT2D eigenvalue weighted by molar-refractivity contribution is 7.86. The number of ether oxygens (including phenoxy) is 2. The van der Waals surface area contributed by atoms with Gasteiger partial charge in [-0.1, -0.05) is 25.1 Å². The van der Waals surface area contributed by atoms with Gasteiger partial charge in [0.25, 0.3) is 10.1 Å². The van der Waals surface area contributed by atoms with Crippen molar-refractivity contribution in [3.8, 4) is 5.75 Å². The van der Waals surface area contributed by atoms with Crippen LogP contribution in [0.3, 0.4) is 0 Å². The molecule has 1 heterocycles. The maximum absolute atomic E-state index is 11.3. The van der Waals surface area contributed by atoms with E-state index in [1.165, 1.54) is 5.56 Å². The summed E-state index contributed by atoms with van der Waals surface area (Å²) in [6.45, 7) is 4.87. The topological polar surface area (TPSA) is 74.7 Å². The molecular weight excluding hydrogens is 378 g/mol. The zero-order valence-electron chi connectivity index (χ0n) is 16.8. The Labute approximate surface area is 168 Å². The Bertz CT molecular complexity index is 804. The van der Waals surface area contributed by atoms with Crippen molar-refractivity contribution in [1.82, 2.24) is 4.98 Å². The molecule has 0 radical (unpaired) electrons. The summed E-state index contributed by atoms with van der Waals surface area (Å²) in [7, 11) is -3.54. The third-order valence-electron chi connectivity index (χ3n) is 4.15. The number of hydrogen-bond acceptors (Lipinski definition) is 6. The number of benzene rings is 1. The van der Waals surface area contributed by atoms with Crippen LogP contribution < -0.4 is 4.74 Å². The van der Waals surface area contributed by atoms with Gasteiger partial charge in [0, 0.05) is 31.3 Å². The van der Waals surface area contributed by atoms with Gasteiger partial charge in [-0.15, -0.1) is 0 Å². The van der Waals surface area contributed by atoms with Gasteiger partial charge in [-0.25, -0.2) is 4.18 Å². The summed E-state index contributed by atoms with van der Waals surface area (Å²) in [6, 6.07) is 11.9. The van der Waals surface area contributed by atoms with E-state index in [1.807, 2.05) is 36.5 Å². The quantitative estimate of drug-likeness (QED) is 0.396. The minimum Gasteiger partial charge on any atom is -0.493 e. The van der Waals surface area contributed by atoms with E-state index in [4.69, 9.17) is 13.7 Å². The summed E-state index contributed by atoms with van der Waals surface area (Å²) >= 11 is 0. The predicted octanol–water partition coefficient (Wildman–Crippen LogP) is 3.54. The molecule has 0 spiro atoms. The molecule has 28 heavy (non-hydrogen) atoms. The van der Waals surface area contributed by atoms with Crippen LogP contribution in [0.15, 0.2) is 42.6 Å². The second-order valence-corrected chi connectivity index (χ2v) is 8.08. The monoisotopic (exact) mass is 407 g/mol. The molecule has 154 valence electrons. The molecule has 0 saturated heterocycles. The van der Waals surface area contributed by atoms with E-state index in [9.17, 15) is 8.42 Å². The first-order chi connectivity index (χ1) is 13.4. The van der Waals surface area contributed by atoms with Gasteiger partial charge < -0.3 is 9.47 Å². The Morgan fingerprint density at radius 1 is 1.00 bits per heavy atom. The van der Waals surface area contributed by atoms with Crippen LogP contribution >= 0.6 is 0 Å². The first kappa shape index (κ1) is 22.3. The Kier molecular flexibility index (Phi) is 8.89. The molecule has 2 rings (SSSR count). The third kappa shape index (κ3) is 8.37. The van der Waals surface area contributed by atoms with Crippen molar-refractivity contribution < 1.29 is 22.1 Å². The number of hydrogen-bond donors (Lipinski definition) is 0. The smallest absolute Gasteiger partial charge is 0.266 e. The average molecular weight is 408 g/mol. The molecule has 0 N–H and O–H groups in total. The minimum absolute atomic E-state index is 0.392. The number of pyridine rings is 1. The van der Waals surface area contributed by atoms with Gasteiger partial charge in [-0.3, -0.25) is 4.98 Å². The molecule has 0 amide bonds. The Hall–Kier alpha value is -1.96. The summed E-state index contributed by atoms with van der Waals surface area (Å²) in [5, 5.41) is 0. The highest BCUT2D eigenvalue weighted by Gasteiger charge is 2.15. The molecule has 1 aromatic carbocycles. The van der Waals surface area contributed by atoms with Crippen LogP contribution in [-0.2, 0) is 38.3 Å². The highest BCUT2D eigenvalue weighted by atomic mass is 32.2. The summed E-state index contributed by atoms with van der Waals surface area (Å²) < 4.78 is 38.6. The van der Waals surface area contributed by atoms with Gasteiger partial charge in [0.1, 0.15) is 5.75 Å². The van der Waals surface area contributed by atoms with Gasteiger partial charge in [0.2, 0.25) is 0 Å². The van der Waals surface area contributed by atoms with Crippen molar-refractivity contribution in [2.45, 2.75) is 45.8 Å². The van der Waals surface area contributed by atoms with E-state index in [0.717, 1.165) is 36.1 Å². The van der Waals surface area contributed by atoms with Crippen LogP contribution in [0, 0.1) is 0 Å². The number of rotatable bonds is 12. The number of nitrogens with zero attached hydrogens (tertiary/aromatic N) is 1. The van der Waals surface area contributed by atoms with Gasteiger partial charge >= 0.3 is 0 Å². The van der Waals surface area contributed by atoms with Crippen molar-refractivity contribution in [3.05, 3.63) is 59.4 Å². The lowest BCUT2D eigenvalue weighted by Crippen LogP contribution is -2.21. The average Bonchev–Trinajstić information content (AvgIpc) is 2.67. The Morgan fingerprint density at radius 3 is 2.29 bits per heavy atom. The lowest BCUT2D eigenvalue weighted by atomic mass is 10.1. The highest BCUT2D eigenvalue weighted by Crippen LogP contribution is 2.16. The van der Waals surface area contributed by atoms with E-state index >= 15 is 0 Å². The van der Waals surface area contributed by atoms with Gasteiger partial charge in [-0.05, 0) is 49.1 Å². The largest absolute Gasteiger partial charge is 0.493 e. The molecule has 0 bridgehead atoms. The number of aromatic nitrogens is 1. The summed E-state index contributed by atoms with van der Waals surface area (Å²) in [4.78, 5) is 4.43. The van der Waals surface area contributed by atoms with Crippen LogP contribution in [0.25, 0.3) is 0 Å². The molecule has 6 nitrogen and oxygen atoms in total. The van der Waals surface area contributed by atoms with Crippen molar-refractivity contribution in [3.63, 3.8) is 0 Å². The maximum atomic E-state index is 11.3. The van der Waals surface area contributed by atoms with Crippen molar-refractivity contribution in [1.29, 1.82) is 0 Å². The van der Waals surface area contributed by atoms with Gasteiger partial charge in [0.05, 0.1) is 12.9 Å². The molecule has 1 atom stereocenters. The second-order valence-electron chi connectivity index (χ2n) is 6.48. The van der Waals surface area contributed by atoms with Crippen LogP contribution in [-0.4, -0.2) is 39.2 Å². The van der Waals surface area contributed by atoms with E-state index in [2.05, 4.69) is 18.0 Å².